The van der Waals surface area contributed by atoms with Crippen molar-refractivity contribution < 1.29 is 39.3 Å². The van der Waals surface area contributed by atoms with Crippen LogP contribution in [0.4, 0.5) is 0 Å². The number of aliphatic hydroxyl groups excluding tert-OH is 2. The number of carbonyl (C=O) groups is 5. The van der Waals surface area contributed by atoms with Gasteiger partial charge in [-0.25, -0.2) is 4.79 Å². The Morgan fingerprint density at radius 2 is 1.46 bits per heavy atom. The van der Waals surface area contributed by atoms with Gasteiger partial charge in [0.2, 0.25) is 23.6 Å². The monoisotopic (exact) mass is 504 g/mol. The number of aliphatic imine (C=N–C) groups is 1. The summed E-state index contributed by atoms with van der Waals surface area (Å²) in [6, 6.07) is -5.22. The normalized spacial score (nSPS) is 14.1. The summed E-state index contributed by atoms with van der Waals surface area (Å²) in [5.41, 5.74) is 16.1. The number of aliphatic carboxylic acids is 1. The van der Waals surface area contributed by atoms with Gasteiger partial charge in [0.15, 0.2) is 5.96 Å². The number of carboxylic acid groups (broad SMARTS) is 1. The first-order valence-corrected chi connectivity index (χ1v) is 10.8. The lowest BCUT2D eigenvalue weighted by molar-refractivity contribution is -0.143. The average Bonchev–Trinajstić information content (AvgIpc) is 2.79. The summed E-state index contributed by atoms with van der Waals surface area (Å²) in [4.78, 5) is 63.7. The number of aliphatic hydroxyl groups is 2. The number of amides is 4. The summed E-state index contributed by atoms with van der Waals surface area (Å²) in [5.74, 6) is -5.23. The number of guanidine groups is 1. The maximum absolute atomic E-state index is 12.6. The molecule has 0 aromatic heterocycles. The lowest BCUT2D eigenvalue weighted by atomic mass is 10.0. The first kappa shape index (κ1) is 31.5. The van der Waals surface area contributed by atoms with Crippen LogP contribution in [0.15, 0.2) is 4.99 Å². The molecule has 35 heavy (non-hydrogen) atoms. The van der Waals surface area contributed by atoms with Crippen LogP contribution in [-0.4, -0.2) is 101 Å². The van der Waals surface area contributed by atoms with Crippen LogP contribution in [0.2, 0.25) is 0 Å². The summed E-state index contributed by atoms with van der Waals surface area (Å²) in [7, 11) is 0. The molecule has 0 saturated heterocycles. The van der Waals surface area contributed by atoms with Crippen molar-refractivity contribution in [1.29, 1.82) is 0 Å². The fraction of sp³-hybridized carbons (Fsp3) is 0.684. The van der Waals surface area contributed by atoms with Crippen LogP contribution >= 0.6 is 0 Å². The zero-order chi connectivity index (χ0) is 27.1. The van der Waals surface area contributed by atoms with E-state index in [1.807, 2.05) is 5.32 Å². The van der Waals surface area contributed by atoms with Crippen LogP contribution in [0.5, 0.6) is 0 Å². The van der Waals surface area contributed by atoms with Gasteiger partial charge in [-0.3, -0.25) is 24.2 Å². The van der Waals surface area contributed by atoms with E-state index < -0.39 is 79.4 Å². The molecule has 16 heteroatoms. The van der Waals surface area contributed by atoms with Crippen LogP contribution in [-0.2, 0) is 24.0 Å². The molecule has 0 aliphatic carbocycles. The third-order valence-electron chi connectivity index (χ3n) is 4.61. The molecule has 0 aliphatic rings. The second-order valence-electron chi connectivity index (χ2n) is 7.89. The Bertz CT molecular complexity index is 772. The predicted molar refractivity (Wildman–Crippen MR) is 123 cm³/mol. The molecule has 4 atom stereocenters. The lowest BCUT2D eigenvalue weighted by Gasteiger charge is -2.25. The van der Waals surface area contributed by atoms with Crippen LogP contribution in [0.3, 0.4) is 0 Å². The van der Waals surface area contributed by atoms with Gasteiger partial charge < -0.3 is 53.8 Å². The fourth-order valence-electron chi connectivity index (χ4n) is 2.62. The maximum Gasteiger partial charge on any atom is 0.328 e. The third-order valence-corrected chi connectivity index (χ3v) is 4.61. The quantitative estimate of drug-likeness (QED) is 0.0537. The maximum atomic E-state index is 12.6. The number of nitrogens with one attached hydrogen (secondary N) is 4. The van der Waals surface area contributed by atoms with E-state index in [9.17, 15) is 29.1 Å². The molecule has 0 fully saturated rings. The highest BCUT2D eigenvalue weighted by atomic mass is 16.4. The SMILES string of the molecule is CC(C)[C@H](NC(=O)CNC(=O)[C@@H](N)CCCN=C(N)N)C(=O)N[C@@H](CO)C(=O)N[C@@H](CO)C(=O)O. The molecule has 0 aromatic carbocycles. The van der Waals surface area contributed by atoms with Crippen molar-refractivity contribution in [3.8, 4) is 0 Å². The minimum Gasteiger partial charge on any atom is -0.480 e. The van der Waals surface area contributed by atoms with Gasteiger partial charge in [-0.05, 0) is 18.8 Å². The molecule has 0 rings (SSSR count). The molecule has 0 saturated carbocycles. The highest BCUT2D eigenvalue weighted by Crippen LogP contribution is 2.03. The Labute approximate surface area is 202 Å². The number of carboxylic acids is 1. The number of nitrogens with zero attached hydrogens (tertiary/aromatic N) is 1. The van der Waals surface area contributed by atoms with Crippen molar-refractivity contribution in [3.05, 3.63) is 0 Å². The molecule has 0 heterocycles. The molecule has 0 aliphatic heterocycles. The van der Waals surface area contributed by atoms with Crippen LogP contribution in [0, 0.1) is 5.92 Å². The highest BCUT2D eigenvalue weighted by molar-refractivity contribution is 5.94. The number of hydrogen-bond donors (Lipinski definition) is 10. The van der Waals surface area contributed by atoms with Gasteiger partial charge in [0.25, 0.3) is 0 Å². The van der Waals surface area contributed by atoms with Crippen molar-refractivity contribution in [3.63, 3.8) is 0 Å². The number of nitrogens with two attached hydrogens (primary N) is 3. The molecule has 13 N–H and O–H groups in total. The summed E-state index contributed by atoms with van der Waals surface area (Å²) in [5, 5.41) is 36.3. The average molecular weight is 505 g/mol. The minimum absolute atomic E-state index is 0.0796. The van der Waals surface area contributed by atoms with Crippen molar-refractivity contribution in [1.82, 2.24) is 21.3 Å². The van der Waals surface area contributed by atoms with E-state index in [1.54, 1.807) is 13.8 Å². The summed E-state index contributed by atoms with van der Waals surface area (Å²) in [6.07, 6.45) is 0.713. The summed E-state index contributed by atoms with van der Waals surface area (Å²) in [6.45, 7) is 1.26. The predicted octanol–water partition coefficient (Wildman–Crippen LogP) is -5.34. The summed E-state index contributed by atoms with van der Waals surface area (Å²) >= 11 is 0. The van der Waals surface area contributed by atoms with Crippen LogP contribution in [0.25, 0.3) is 0 Å². The topological polar surface area (TPSA) is 285 Å². The van der Waals surface area contributed by atoms with Gasteiger partial charge in [0.1, 0.15) is 18.1 Å². The first-order valence-electron chi connectivity index (χ1n) is 10.8. The smallest absolute Gasteiger partial charge is 0.328 e. The Balaban J connectivity index is 4.85. The second kappa shape index (κ2) is 16.2. The molecule has 0 unspecified atom stereocenters. The molecule has 200 valence electrons. The van der Waals surface area contributed by atoms with Crippen molar-refractivity contribution >= 4 is 35.6 Å². The third kappa shape index (κ3) is 12.5. The molecule has 16 nitrogen and oxygen atoms in total. The van der Waals surface area contributed by atoms with Gasteiger partial charge in [0, 0.05) is 6.54 Å². The van der Waals surface area contributed by atoms with Crippen molar-refractivity contribution in [2.45, 2.75) is 50.9 Å². The van der Waals surface area contributed by atoms with E-state index in [0.717, 1.165) is 0 Å². The number of carbonyl (C=O) groups excluding carboxylic acids is 4. The zero-order valence-corrected chi connectivity index (χ0v) is 19.7. The Hall–Kier alpha value is -3.50. The molecular weight excluding hydrogens is 468 g/mol. The van der Waals surface area contributed by atoms with E-state index in [-0.39, 0.29) is 12.4 Å². The van der Waals surface area contributed by atoms with E-state index >= 15 is 0 Å². The van der Waals surface area contributed by atoms with E-state index in [4.69, 9.17) is 27.4 Å². The van der Waals surface area contributed by atoms with Crippen LogP contribution < -0.4 is 38.5 Å². The molecule has 0 spiro atoms. The first-order chi connectivity index (χ1) is 16.3. The van der Waals surface area contributed by atoms with Gasteiger partial charge in [0.05, 0.1) is 25.8 Å². The molecular formula is C19H36N8O8. The Kier molecular flexibility index (Phi) is 14.6. The molecule has 4 amide bonds. The van der Waals surface area contributed by atoms with E-state index in [1.165, 1.54) is 0 Å². The molecule has 0 bridgehead atoms. The minimum atomic E-state index is -1.63. The second-order valence-corrected chi connectivity index (χ2v) is 7.89. The zero-order valence-electron chi connectivity index (χ0n) is 19.7. The van der Waals surface area contributed by atoms with Gasteiger partial charge in [-0.1, -0.05) is 13.8 Å². The largest absolute Gasteiger partial charge is 0.480 e. The lowest BCUT2D eigenvalue weighted by Crippen LogP contribution is -2.59. The van der Waals surface area contributed by atoms with Crippen molar-refractivity contribution in [2.75, 3.05) is 26.3 Å². The van der Waals surface area contributed by atoms with Gasteiger partial charge >= 0.3 is 5.97 Å². The Morgan fingerprint density at radius 1 is 0.886 bits per heavy atom. The number of rotatable bonds is 16. The fourth-order valence-corrected chi connectivity index (χ4v) is 2.62. The van der Waals surface area contributed by atoms with E-state index in [0.29, 0.717) is 13.0 Å². The highest BCUT2D eigenvalue weighted by Gasteiger charge is 2.30. The van der Waals surface area contributed by atoms with Crippen LogP contribution in [0.1, 0.15) is 26.7 Å². The van der Waals surface area contributed by atoms with Gasteiger partial charge in [-0.15, -0.1) is 0 Å². The van der Waals surface area contributed by atoms with Gasteiger partial charge in [-0.2, -0.15) is 0 Å². The molecule has 0 radical (unpaired) electrons. The molecule has 0 aromatic rings. The van der Waals surface area contributed by atoms with E-state index in [2.05, 4.69) is 20.9 Å². The Morgan fingerprint density at radius 3 is 1.94 bits per heavy atom. The summed E-state index contributed by atoms with van der Waals surface area (Å²) < 4.78 is 0. The number of hydrogen-bond acceptors (Lipinski definition) is 9. The van der Waals surface area contributed by atoms with Crippen molar-refractivity contribution in [2.24, 2.45) is 28.1 Å². The standard InChI is InChI=1S/C19H36N8O8/c1-9(2)14(17(33)25-11(7-28)16(32)26-12(8-29)18(34)35)27-13(30)6-24-15(31)10(20)4-3-5-23-19(21)22/h9-12,14,28-29H,3-8,20H2,1-2H3,(H,24,31)(H,25,33)(H,26,32)(H,27,30)(H,34,35)(H4,21,22,23)/t10-,11-,12-,14-/m0/s1.